The monoisotopic (exact) mass is 227 g/mol. The van der Waals surface area contributed by atoms with E-state index in [1.165, 1.54) is 0 Å². The lowest BCUT2D eigenvalue weighted by Gasteiger charge is -2.01. The number of rotatable bonds is 3. The molecule has 1 rings (SSSR count). The molecule has 0 amide bonds. The molecule has 0 radical (unpaired) electrons. The van der Waals surface area contributed by atoms with Crippen molar-refractivity contribution in [2.75, 3.05) is 12.4 Å². The summed E-state index contributed by atoms with van der Waals surface area (Å²) in [4.78, 5) is 4.00. The van der Waals surface area contributed by atoms with Gasteiger partial charge in [-0.3, -0.25) is 4.98 Å². The van der Waals surface area contributed by atoms with E-state index in [0.717, 1.165) is 16.6 Å². The van der Waals surface area contributed by atoms with Gasteiger partial charge in [-0.25, -0.2) is 0 Å². The maximum Gasteiger partial charge on any atom is 0.129 e. The summed E-state index contributed by atoms with van der Waals surface area (Å²) in [6.07, 6.45) is 7.46. The van der Waals surface area contributed by atoms with E-state index >= 15 is 0 Å². The highest BCUT2D eigenvalue weighted by molar-refractivity contribution is 9.09. The van der Waals surface area contributed by atoms with Crippen LogP contribution in [0.2, 0.25) is 0 Å². The lowest BCUT2D eigenvalue weighted by molar-refractivity contribution is 0.413. The summed E-state index contributed by atoms with van der Waals surface area (Å²) in [5.74, 6) is 0.849. The highest BCUT2D eigenvalue weighted by Crippen LogP contribution is 2.17. The summed E-state index contributed by atoms with van der Waals surface area (Å²) >= 11 is 3.31. The van der Waals surface area contributed by atoms with Crippen LogP contribution in [0.1, 0.15) is 5.56 Å². The number of allylic oxidation sites excluding steroid dienone is 1. The maximum absolute atomic E-state index is 5.14. The van der Waals surface area contributed by atoms with Gasteiger partial charge in [0.1, 0.15) is 5.75 Å². The Balaban J connectivity index is 2.89. The second-order valence-corrected chi connectivity index (χ2v) is 2.82. The number of methoxy groups -OCH3 is 1. The molecule has 0 bridgehead atoms. The zero-order valence-electron chi connectivity index (χ0n) is 6.83. The number of alkyl halides is 1. The Morgan fingerprint density at radius 3 is 3.17 bits per heavy atom. The van der Waals surface area contributed by atoms with E-state index in [1.807, 2.05) is 18.2 Å². The van der Waals surface area contributed by atoms with Gasteiger partial charge in [0, 0.05) is 23.3 Å². The van der Waals surface area contributed by atoms with E-state index < -0.39 is 0 Å². The fraction of sp³-hybridized carbons (Fsp3) is 0.222. The largest absolute Gasteiger partial charge is 0.496 e. The average molecular weight is 228 g/mol. The van der Waals surface area contributed by atoms with Crippen LogP contribution in [0.15, 0.2) is 24.5 Å². The van der Waals surface area contributed by atoms with Crippen molar-refractivity contribution < 1.29 is 4.74 Å². The molecule has 3 heteroatoms. The van der Waals surface area contributed by atoms with Crippen molar-refractivity contribution in [3.8, 4) is 5.75 Å². The molecule has 2 nitrogen and oxygen atoms in total. The molecule has 0 aromatic carbocycles. The van der Waals surface area contributed by atoms with Gasteiger partial charge in [-0.05, 0) is 6.07 Å². The minimum absolute atomic E-state index is 0.838. The highest BCUT2D eigenvalue weighted by atomic mass is 79.9. The van der Waals surface area contributed by atoms with Crippen LogP contribution in [-0.4, -0.2) is 17.4 Å². The second-order valence-electron chi connectivity index (χ2n) is 2.17. The number of nitrogens with zero attached hydrogens (tertiary/aromatic N) is 1. The first-order valence-corrected chi connectivity index (χ1v) is 4.71. The van der Waals surface area contributed by atoms with E-state index in [2.05, 4.69) is 20.9 Å². The summed E-state index contributed by atoms with van der Waals surface area (Å²) in [5, 5.41) is 0.838. The molecule has 0 unspecified atom stereocenters. The first-order valence-electron chi connectivity index (χ1n) is 3.59. The molecular formula is C9H10BrNO. The predicted molar refractivity (Wildman–Crippen MR) is 53.6 cm³/mol. The van der Waals surface area contributed by atoms with Gasteiger partial charge >= 0.3 is 0 Å². The number of ether oxygens (including phenoxy) is 1. The number of pyridine rings is 1. The fourth-order valence-electron chi connectivity index (χ4n) is 0.876. The maximum atomic E-state index is 5.14. The molecule has 0 atom stereocenters. The topological polar surface area (TPSA) is 22.1 Å². The molecule has 0 spiro atoms. The van der Waals surface area contributed by atoms with Crippen molar-refractivity contribution in [3.63, 3.8) is 0 Å². The van der Waals surface area contributed by atoms with Crippen LogP contribution in [0.5, 0.6) is 5.75 Å². The molecule has 0 aliphatic rings. The van der Waals surface area contributed by atoms with Crippen LogP contribution in [0.3, 0.4) is 0 Å². The molecule has 1 aromatic rings. The third-order valence-electron chi connectivity index (χ3n) is 1.42. The van der Waals surface area contributed by atoms with Gasteiger partial charge in [0.05, 0.1) is 7.11 Å². The molecule has 0 N–H and O–H groups in total. The van der Waals surface area contributed by atoms with Crippen molar-refractivity contribution in [2.45, 2.75) is 0 Å². The molecule has 12 heavy (non-hydrogen) atoms. The van der Waals surface area contributed by atoms with Crippen molar-refractivity contribution >= 4 is 22.0 Å². The zero-order chi connectivity index (χ0) is 8.81. The Labute approximate surface area is 80.4 Å². The summed E-state index contributed by atoms with van der Waals surface area (Å²) in [7, 11) is 1.65. The quantitative estimate of drug-likeness (QED) is 0.741. The molecule has 1 heterocycles. The molecular weight excluding hydrogens is 218 g/mol. The van der Waals surface area contributed by atoms with Crippen LogP contribution in [0.4, 0.5) is 0 Å². The van der Waals surface area contributed by atoms with Gasteiger partial charge < -0.3 is 4.74 Å². The summed E-state index contributed by atoms with van der Waals surface area (Å²) in [6, 6.07) is 1.84. The first kappa shape index (κ1) is 9.26. The number of aromatic nitrogens is 1. The highest BCUT2D eigenvalue weighted by Gasteiger charge is 1.95. The van der Waals surface area contributed by atoms with Gasteiger partial charge in [-0.15, -0.1) is 0 Å². The zero-order valence-corrected chi connectivity index (χ0v) is 8.41. The molecule has 0 saturated heterocycles. The van der Waals surface area contributed by atoms with Gasteiger partial charge in [0.2, 0.25) is 0 Å². The minimum atomic E-state index is 0.838. The fourth-order valence-corrected chi connectivity index (χ4v) is 1.06. The van der Waals surface area contributed by atoms with Crippen LogP contribution >= 0.6 is 15.9 Å². The molecule has 0 saturated carbocycles. The minimum Gasteiger partial charge on any atom is -0.496 e. The van der Waals surface area contributed by atoms with Gasteiger partial charge in [-0.1, -0.05) is 28.1 Å². The summed E-state index contributed by atoms with van der Waals surface area (Å²) in [5.41, 5.74) is 0.999. The second kappa shape index (κ2) is 4.93. The summed E-state index contributed by atoms with van der Waals surface area (Å²) in [6.45, 7) is 0. The average Bonchev–Trinajstić information content (AvgIpc) is 2.15. The Bertz CT molecular complexity index is 273. The smallest absolute Gasteiger partial charge is 0.129 e. The van der Waals surface area contributed by atoms with Crippen molar-refractivity contribution in [3.05, 3.63) is 30.1 Å². The number of hydrogen-bond acceptors (Lipinski definition) is 2. The van der Waals surface area contributed by atoms with Gasteiger partial charge in [-0.2, -0.15) is 0 Å². The van der Waals surface area contributed by atoms with Crippen molar-refractivity contribution in [1.29, 1.82) is 0 Å². The predicted octanol–water partition coefficient (Wildman–Crippen LogP) is 2.50. The van der Waals surface area contributed by atoms with Crippen LogP contribution in [0.25, 0.3) is 6.08 Å². The lowest BCUT2D eigenvalue weighted by Crippen LogP contribution is -1.87. The SMILES string of the molecule is COc1ccncc1C=CCBr. The van der Waals surface area contributed by atoms with E-state index in [0.29, 0.717) is 0 Å². The third kappa shape index (κ3) is 2.34. The molecule has 0 fully saturated rings. The van der Waals surface area contributed by atoms with Crippen LogP contribution < -0.4 is 4.74 Å². The third-order valence-corrected chi connectivity index (χ3v) is 1.79. The number of halogens is 1. The Kier molecular flexibility index (Phi) is 3.80. The molecule has 0 aliphatic heterocycles. The van der Waals surface area contributed by atoms with E-state index in [4.69, 9.17) is 4.74 Å². The van der Waals surface area contributed by atoms with E-state index in [-0.39, 0.29) is 0 Å². The van der Waals surface area contributed by atoms with Crippen LogP contribution in [0, 0.1) is 0 Å². The standard InChI is InChI=1S/C9H10BrNO/c1-12-9-4-6-11-7-8(9)3-2-5-10/h2-4,6-7H,5H2,1H3. The van der Waals surface area contributed by atoms with E-state index in [9.17, 15) is 0 Å². The van der Waals surface area contributed by atoms with Crippen molar-refractivity contribution in [1.82, 2.24) is 4.98 Å². The van der Waals surface area contributed by atoms with Crippen molar-refractivity contribution in [2.24, 2.45) is 0 Å². The normalized spacial score (nSPS) is 10.5. The van der Waals surface area contributed by atoms with Crippen LogP contribution in [-0.2, 0) is 0 Å². The Morgan fingerprint density at radius 2 is 2.50 bits per heavy atom. The van der Waals surface area contributed by atoms with Gasteiger partial charge in [0.25, 0.3) is 0 Å². The van der Waals surface area contributed by atoms with E-state index in [1.54, 1.807) is 19.5 Å². The van der Waals surface area contributed by atoms with Gasteiger partial charge in [0.15, 0.2) is 0 Å². The number of hydrogen-bond donors (Lipinski definition) is 0. The summed E-state index contributed by atoms with van der Waals surface area (Å²) < 4.78 is 5.14. The Morgan fingerprint density at radius 1 is 1.67 bits per heavy atom. The molecule has 0 aliphatic carbocycles. The first-order chi connectivity index (χ1) is 5.88. The lowest BCUT2D eigenvalue weighted by atomic mass is 10.2. The molecule has 1 aromatic heterocycles. The Hall–Kier alpha value is -0.830. The molecule has 64 valence electrons.